The summed E-state index contributed by atoms with van der Waals surface area (Å²) in [6, 6.07) is 5.79. The number of thiophene rings is 1. The average Bonchev–Trinajstić information content (AvgIpc) is 3.01. The Morgan fingerprint density at radius 2 is 1.89 bits per heavy atom. The van der Waals surface area contributed by atoms with E-state index >= 15 is 0 Å². The van der Waals surface area contributed by atoms with Gasteiger partial charge in [-0.05, 0) is 49.8 Å². The van der Waals surface area contributed by atoms with Crippen LogP contribution in [0.3, 0.4) is 0 Å². The summed E-state index contributed by atoms with van der Waals surface area (Å²) < 4.78 is 25.1. The molecule has 0 spiro atoms. The predicted molar refractivity (Wildman–Crippen MR) is 106 cm³/mol. The highest BCUT2D eigenvalue weighted by Gasteiger charge is 2.28. The van der Waals surface area contributed by atoms with Gasteiger partial charge in [-0.15, -0.1) is 16.2 Å². The van der Waals surface area contributed by atoms with Crippen molar-refractivity contribution < 1.29 is 18.1 Å². The van der Waals surface area contributed by atoms with Gasteiger partial charge in [0.05, 0.1) is 9.80 Å². The van der Waals surface area contributed by atoms with Crippen LogP contribution < -0.4 is 10.3 Å². The standard InChI is InChI=1S/C18H21N3O5S2/c1-12-7-6-9-14(21(23)24)17(12)28(25,26)20-19-18(22)16-11-13-8-4-2-3-5-10-15(13)27-16/h6-7,9,11,20H,2-5,8,10H2,1H3,(H,19,22). The molecular formula is C18H21N3O5S2. The molecule has 1 amide bonds. The Morgan fingerprint density at radius 3 is 2.61 bits per heavy atom. The van der Waals surface area contributed by atoms with Crippen LogP contribution in [0.2, 0.25) is 0 Å². The third kappa shape index (κ3) is 4.40. The number of aryl methyl sites for hydroxylation is 3. The Hall–Kier alpha value is -2.30. The van der Waals surface area contributed by atoms with Crippen LogP contribution in [0.4, 0.5) is 5.69 Å². The van der Waals surface area contributed by atoms with Crippen molar-refractivity contribution >= 4 is 33.0 Å². The maximum atomic E-state index is 12.6. The zero-order valence-electron chi connectivity index (χ0n) is 15.4. The molecule has 10 heteroatoms. The summed E-state index contributed by atoms with van der Waals surface area (Å²) in [5.74, 6) is -0.573. The van der Waals surface area contributed by atoms with Crippen LogP contribution in [0.1, 0.15) is 51.4 Å². The highest BCUT2D eigenvalue weighted by molar-refractivity contribution is 7.89. The van der Waals surface area contributed by atoms with E-state index in [2.05, 4.69) is 5.43 Å². The van der Waals surface area contributed by atoms with Gasteiger partial charge in [0.25, 0.3) is 21.6 Å². The van der Waals surface area contributed by atoms with Gasteiger partial charge in [-0.3, -0.25) is 20.3 Å². The molecule has 0 radical (unpaired) electrons. The zero-order valence-corrected chi connectivity index (χ0v) is 17.0. The minimum absolute atomic E-state index is 0.218. The molecule has 2 aromatic rings. The third-order valence-electron chi connectivity index (χ3n) is 4.68. The summed E-state index contributed by atoms with van der Waals surface area (Å²) >= 11 is 1.37. The van der Waals surface area contributed by atoms with E-state index in [1.54, 1.807) is 0 Å². The predicted octanol–water partition coefficient (Wildman–Crippen LogP) is 3.25. The molecule has 0 aliphatic heterocycles. The molecule has 150 valence electrons. The first-order valence-electron chi connectivity index (χ1n) is 8.97. The van der Waals surface area contributed by atoms with Gasteiger partial charge in [-0.25, -0.2) is 8.42 Å². The number of nitro benzene ring substituents is 1. The molecule has 0 atom stereocenters. The van der Waals surface area contributed by atoms with Crippen molar-refractivity contribution in [2.45, 2.75) is 50.3 Å². The minimum Gasteiger partial charge on any atom is -0.273 e. The van der Waals surface area contributed by atoms with Gasteiger partial charge in [0.15, 0.2) is 4.90 Å². The SMILES string of the molecule is Cc1cccc([N+](=O)[O-])c1S(=O)(=O)NNC(=O)c1cc2c(s1)CCCCCC2. The lowest BCUT2D eigenvalue weighted by Gasteiger charge is -2.10. The van der Waals surface area contributed by atoms with Gasteiger partial charge >= 0.3 is 0 Å². The number of benzene rings is 1. The van der Waals surface area contributed by atoms with Crippen LogP contribution in [0.25, 0.3) is 0 Å². The van der Waals surface area contributed by atoms with E-state index in [1.165, 1.54) is 48.1 Å². The first-order valence-corrected chi connectivity index (χ1v) is 11.3. The van der Waals surface area contributed by atoms with Gasteiger partial charge in [-0.2, -0.15) is 0 Å². The third-order valence-corrected chi connectivity index (χ3v) is 7.35. The smallest absolute Gasteiger partial charge is 0.273 e. The van der Waals surface area contributed by atoms with Crippen molar-refractivity contribution in [3.05, 3.63) is 55.3 Å². The molecule has 28 heavy (non-hydrogen) atoms. The quantitative estimate of drug-likeness (QED) is 0.565. The molecule has 0 saturated carbocycles. The first-order chi connectivity index (χ1) is 13.3. The molecule has 0 unspecified atom stereocenters. The summed E-state index contributed by atoms with van der Waals surface area (Å²) in [6.07, 6.45) is 6.35. The fourth-order valence-electron chi connectivity index (χ4n) is 3.31. The van der Waals surface area contributed by atoms with Crippen molar-refractivity contribution in [2.75, 3.05) is 0 Å². The molecule has 8 nitrogen and oxygen atoms in total. The van der Waals surface area contributed by atoms with E-state index in [4.69, 9.17) is 0 Å². The Labute approximate surface area is 167 Å². The fraction of sp³-hybridized carbons (Fsp3) is 0.389. The Balaban J connectivity index is 1.78. The van der Waals surface area contributed by atoms with Gasteiger partial charge in [-0.1, -0.05) is 25.0 Å². The highest BCUT2D eigenvalue weighted by atomic mass is 32.2. The number of amides is 1. The van der Waals surface area contributed by atoms with Gasteiger partial charge in [0.1, 0.15) is 0 Å². The van der Waals surface area contributed by atoms with E-state index in [9.17, 15) is 23.3 Å². The molecular weight excluding hydrogens is 402 g/mol. The van der Waals surface area contributed by atoms with Gasteiger partial charge in [0, 0.05) is 10.9 Å². The maximum Gasteiger partial charge on any atom is 0.289 e. The van der Waals surface area contributed by atoms with E-state index < -0.39 is 31.4 Å². The second kappa shape index (κ2) is 8.38. The fourth-order valence-corrected chi connectivity index (χ4v) is 5.70. The summed E-state index contributed by atoms with van der Waals surface area (Å²) in [5.41, 5.74) is 3.00. The second-order valence-electron chi connectivity index (χ2n) is 6.71. The van der Waals surface area contributed by atoms with Gasteiger partial charge < -0.3 is 0 Å². The van der Waals surface area contributed by atoms with Gasteiger partial charge in [0.2, 0.25) is 0 Å². The van der Waals surface area contributed by atoms with E-state index in [-0.39, 0.29) is 5.56 Å². The maximum absolute atomic E-state index is 12.6. The number of nitro groups is 1. The lowest BCUT2D eigenvalue weighted by atomic mass is 10.00. The Morgan fingerprint density at radius 1 is 1.18 bits per heavy atom. The number of carbonyl (C=O) groups excluding carboxylic acids is 1. The minimum atomic E-state index is -4.30. The molecule has 1 aliphatic carbocycles. The molecule has 2 N–H and O–H groups in total. The number of hydrogen-bond acceptors (Lipinski definition) is 6. The molecule has 1 aliphatic rings. The van der Waals surface area contributed by atoms with Crippen molar-refractivity contribution in [3.8, 4) is 0 Å². The van der Waals surface area contributed by atoms with Crippen LogP contribution >= 0.6 is 11.3 Å². The number of hydrogen-bond donors (Lipinski definition) is 2. The molecule has 1 aromatic heterocycles. The number of hydrazine groups is 1. The zero-order chi connectivity index (χ0) is 20.3. The van der Waals surface area contributed by atoms with E-state index in [1.807, 2.05) is 10.9 Å². The molecule has 3 rings (SSSR count). The number of sulfonamides is 1. The Kier molecular flexibility index (Phi) is 6.11. The number of nitrogens with zero attached hydrogens (tertiary/aromatic N) is 1. The number of carbonyl (C=O) groups is 1. The molecule has 0 saturated heterocycles. The normalized spacial score (nSPS) is 14.6. The summed E-state index contributed by atoms with van der Waals surface area (Å²) in [5, 5.41) is 11.2. The van der Waals surface area contributed by atoms with Crippen LogP contribution in [-0.4, -0.2) is 19.2 Å². The summed E-state index contributed by atoms with van der Waals surface area (Å²) in [6.45, 7) is 1.46. The van der Waals surface area contributed by atoms with Crippen molar-refractivity contribution in [3.63, 3.8) is 0 Å². The van der Waals surface area contributed by atoms with E-state index in [0.717, 1.165) is 37.3 Å². The molecule has 1 heterocycles. The topological polar surface area (TPSA) is 118 Å². The number of fused-ring (bicyclic) bond motifs is 1. The first kappa shape index (κ1) is 20.4. The monoisotopic (exact) mass is 423 g/mol. The highest BCUT2D eigenvalue weighted by Crippen LogP contribution is 2.29. The van der Waals surface area contributed by atoms with Crippen LogP contribution in [0, 0.1) is 17.0 Å². The summed E-state index contributed by atoms with van der Waals surface area (Å²) in [7, 11) is -4.30. The largest absolute Gasteiger partial charge is 0.289 e. The second-order valence-corrected chi connectivity index (χ2v) is 9.47. The Bertz CT molecular complexity index is 989. The van der Waals surface area contributed by atoms with Crippen molar-refractivity contribution in [2.24, 2.45) is 0 Å². The van der Waals surface area contributed by atoms with Crippen LogP contribution in [0.15, 0.2) is 29.2 Å². The molecule has 1 aromatic carbocycles. The average molecular weight is 424 g/mol. The van der Waals surface area contributed by atoms with Crippen molar-refractivity contribution in [1.82, 2.24) is 10.3 Å². The van der Waals surface area contributed by atoms with Crippen LogP contribution in [-0.2, 0) is 22.9 Å². The molecule has 0 bridgehead atoms. The van der Waals surface area contributed by atoms with E-state index in [0.29, 0.717) is 4.88 Å². The lowest BCUT2D eigenvalue weighted by Crippen LogP contribution is -2.41. The summed E-state index contributed by atoms with van der Waals surface area (Å²) in [4.78, 5) is 26.0. The number of nitrogens with one attached hydrogen (secondary N) is 2. The molecule has 0 fully saturated rings. The van der Waals surface area contributed by atoms with Crippen LogP contribution in [0.5, 0.6) is 0 Å². The lowest BCUT2D eigenvalue weighted by molar-refractivity contribution is -0.387. The van der Waals surface area contributed by atoms with Crippen molar-refractivity contribution in [1.29, 1.82) is 0 Å². The number of rotatable bonds is 5.